The number of aliphatic hydroxyl groups excluding tert-OH is 1. The van der Waals surface area contributed by atoms with Crippen molar-refractivity contribution in [3.8, 4) is 0 Å². The molecule has 0 bridgehead atoms. The van der Waals surface area contributed by atoms with E-state index in [9.17, 15) is 14.7 Å². The smallest absolute Gasteiger partial charge is 0.305 e. The highest BCUT2D eigenvalue weighted by atomic mass is 16.5. The molecule has 0 aliphatic heterocycles. The van der Waals surface area contributed by atoms with E-state index in [-0.39, 0.29) is 36.6 Å². The summed E-state index contributed by atoms with van der Waals surface area (Å²) < 4.78 is 7.01. The molecule has 0 fully saturated rings. The number of hydrogen-bond donors (Lipinski definition) is 3. The van der Waals surface area contributed by atoms with Gasteiger partial charge in [-0.3, -0.25) is 14.6 Å². The number of unbranched alkanes of at least 4 members (excludes halogenated alkanes) is 8. The zero-order valence-corrected chi connectivity index (χ0v) is 18.6. The van der Waals surface area contributed by atoms with Crippen molar-refractivity contribution >= 4 is 23.1 Å². The number of nitrogen functional groups attached to an aromatic ring is 1. The van der Waals surface area contributed by atoms with Crippen LogP contribution >= 0.6 is 0 Å². The number of carbonyl (C=O) groups is 1. The summed E-state index contributed by atoms with van der Waals surface area (Å²) in [6.07, 6.45) is 13.3. The minimum absolute atomic E-state index is 0.0187. The van der Waals surface area contributed by atoms with Crippen LogP contribution in [0.3, 0.4) is 0 Å². The first-order chi connectivity index (χ1) is 15.0. The predicted octanol–water partition coefficient (Wildman–Crippen LogP) is 3.16. The lowest BCUT2D eigenvalue weighted by molar-refractivity contribution is -0.144. The Balaban J connectivity index is 1.62. The van der Waals surface area contributed by atoms with Crippen molar-refractivity contribution in [1.29, 1.82) is 0 Å². The summed E-state index contributed by atoms with van der Waals surface area (Å²) in [4.78, 5) is 34.4. The van der Waals surface area contributed by atoms with Crippen LogP contribution in [0, 0.1) is 5.92 Å². The fourth-order valence-corrected chi connectivity index (χ4v) is 3.61. The fraction of sp³-hybridized carbons (Fsp3) is 0.727. The van der Waals surface area contributed by atoms with Crippen molar-refractivity contribution in [3.05, 3.63) is 16.7 Å². The molecule has 0 radical (unpaired) electrons. The summed E-state index contributed by atoms with van der Waals surface area (Å²) in [6.45, 7) is 2.80. The summed E-state index contributed by atoms with van der Waals surface area (Å²) in [6, 6.07) is 0. The van der Waals surface area contributed by atoms with Gasteiger partial charge in [0.15, 0.2) is 11.2 Å². The van der Waals surface area contributed by atoms with Crippen LogP contribution in [0.5, 0.6) is 0 Å². The van der Waals surface area contributed by atoms with Gasteiger partial charge in [0.1, 0.15) is 0 Å². The number of H-pyrrole nitrogens is 1. The number of nitrogens with one attached hydrogen (secondary N) is 1. The van der Waals surface area contributed by atoms with Gasteiger partial charge >= 0.3 is 5.97 Å². The number of esters is 1. The summed E-state index contributed by atoms with van der Waals surface area (Å²) in [7, 11) is 0. The minimum Gasteiger partial charge on any atom is -0.466 e. The lowest BCUT2D eigenvalue weighted by atomic mass is 10.1. The third-order valence-corrected chi connectivity index (χ3v) is 5.48. The van der Waals surface area contributed by atoms with E-state index in [4.69, 9.17) is 10.5 Å². The number of rotatable bonds is 16. The van der Waals surface area contributed by atoms with E-state index in [0.717, 1.165) is 12.8 Å². The van der Waals surface area contributed by atoms with Crippen molar-refractivity contribution in [2.24, 2.45) is 5.92 Å². The average Bonchev–Trinajstić information content (AvgIpc) is 3.14. The summed E-state index contributed by atoms with van der Waals surface area (Å²) in [5, 5.41) is 9.68. The Morgan fingerprint density at radius 3 is 2.55 bits per heavy atom. The Kier molecular flexibility index (Phi) is 11.1. The van der Waals surface area contributed by atoms with E-state index in [0.29, 0.717) is 25.0 Å². The summed E-state index contributed by atoms with van der Waals surface area (Å²) in [5.74, 6) is -0.320. The second-order valence-corrected chi connectivity index (χ2v) is 8.16. The molecule has 2 rings (SSSR count). The molecule has 1 atom stereocenters. The quantitative estimate of drug-likeness (QED) is 0.272. The van der Waals surface area contributed by atoms with Gasteiger partial charge in [0.2, 0.25) is 5.95 Å². The van der Waals surface area contributed by atoms with Crippen molar-refractivity contribution in [2.45, 2.75) is 84.1 Å². The van der Waals surface area contributed by atoms with Gasteiger partial charge in [-0.25, -0.2) is 4.98 Å². The van der Waals surface area contributed by atoms with Gasteiger partial charge in [0.05, 0.1) is 12.9 Å². The van der Waals surface area contributed by atoms with Crippen molar-refractivity contribution < 1.29 is 14.6 Å². The van der Waals surface area contributed by atoms with Crippen molar-refractivity contribution in [3.63, 3.8) is 0 Å². The molecule has 9 heteroatoms. The first kappa shape index (κ1) is 24.8. The predicted molar refractivity (Wildman–Crippen MR) is 121 cm³/mol. The van der Waals surface area contributed by atoms with Gasteiger partial charge in [0.25, 0.3) is 5.56 Å². The lowest BCUT2D eigenvalue weighted by Gasteiger charge is -2.15. The molecule has 2 heterocycles. The maximum atomic E-state index is 11.9. The zero-order chi connectivity index (χ0) is 22.5. The van der Waals surface area contributed by atoms with Crippen LogP contribution < -0.4 is 11.3 Å². The van der Waals surface area contributed by atoms with Crippen LogP contribution in [-0.2, 0) is 16.1 Å². The number of ether oxygens (including phenoxy) is 1. The van der Waals surface area contributed by atoms with Crippen LogP contribution in [0.15, 0.2) is 11.1 Å². The molecule has 0 aromatic carbocycles. The first-order valence-corrected chi connectivity index (χ1v) is 11.5. The van der Waals surface area contributed by atoms with Crippen LogP contribution in [0.1, 0.15) is 77.6 Å². The Bertz CT molecular complexity index is 848. The number of aromatic amines is 1. The molecule has 31 heavy (non-hydrogen) atoms. The molecule has 0 saturated carbocycles. The topological polar surface area (TPSA) is 136 Å². The number of fused-ring (bicyclic) bond motifs is 1. The molecule has 9 nitrogen and oxygen atoms in total. The molecule has 0 amide bonds. The minimum atomic E-state index is -0.396. The molecule has 174 valence electrons. The van der Waals surface area contributed by atoms with Crippen molar-refractivity contribution in [1.82, 2.24) is 19.5 Å². The van der Waals surface area contributed by atoms with Gasteiger partial charge in [-0.1, -0.05) is 58.3 Å². The number of hydrogen-bond acceptors (Lipinski definition) is 7. The average molecular weight is 436 g/mol. The molecule has 0 aliphatic rings. The molecule has 2 aromatic rings. The summed E-state index contributed by atoms with van der Waals surface area (Å²) in [5.41, 5.74) is 5.79. The van der Waals surface area contributed by atoms with E-state index in [1.807, 2.05) is 0 Å². The van der Waals surface area contributed by atoms with Gasteiger partial charge < -0.3 is 20.1 Å². The van der Waals surface area contributed by atoms with Crippen LogP contribution in [0.25, 0.3) is 11.2 Å². The monoisotopic (exact) mass is 435 g/mol. The highest BCUT2D eigenvalue weighted by Gasteiger charge is 2.15. The van der Waals surface area contributed by atoms with E-state index >= 15 is 0 Å². The van der Waals surface area contributed by atoms with E-state index in [1.54, 1.807) is 4.57 Å². The third-order valence-electron chi connectivity index (χ3n) is 5.48. The first-order valence-electron chi connectivity index (χ1n) is 11.5. The van der Waals surface area contributed by atoms with Crippen LogP contribution in [0.2, 0.25) is 0 Å². The second-order valence-electron chi connectivity index (χ2n) is 8.16. The van der Waals surface area contributed by atoms with Gasteiger partial charge in [-0.2, -0.15) is 4.98 Å². The number of aliphatic hydroxyl groups is 1. The Morgan fingerprint density at radius 1 is 1.19 bits per heavy atom. The molecule has 0 aliphatic carbocycles. The highest BCUT2D eigenvalue weighted by molar-refractivity contribution is 5.70. The summed E-state index contributed by atoms with van der Waals surface area (Å²) >= 11 is 0. The van der Waals surface area contributed by atoms with E-state index in [1.165, 1.54) is 51.3 Å². The number of carbonyl (C=O) groups excluding carboxylic acids is 1. The maximum Gasteiger partial charge on any atom is 0.305 e. The number of imidazole rings is 1. The zero-order valence-electron chi connectivity index (χ0n) is 18.6. The van der Waals surface area contributed by atoms with Crippen molar-refractivity contribution in [2.75, 3.05) is 18.9 Å². The number of aromatic nitrogens is 4. The van der Waals surface area contributed by atoms with Gasteiger partial charge in [-0.05, 0) is 12.8 Å². The van der Waals surface area contributed by atoms with E-state index in [2.05, 4.69) is 21.9 Å². The van der Waals surface area contributed by atoms with E-state index < -0.39 is 5.56 Å². The number of nitrogens with zero attached hydrogens (tertiary/aromatic N) is 3. The standard InChI is InChI=1S/C22H37N5O4/c1-2-3-4-5-6-7-8-9-10-11-18(29)31-13-12-17(15-28)14-27-16-24-19-20(27)25-22(23)26-21(19)30/h16-17,28H,2-15H2,1H3,(H3,23,25,26,30)/t17-/m1/s1. The molecule has 0 unspecified atom stereocenters. The Morgan fingerprint density at radius 2 is 1.87 bits per heavy atom. The molecule has 4 N–H and O–H groups in total. The van der Waals surface area contributed by atoms with Gasteiger partial charge in [0, 0.05) is 25.5 Å². The SMILES string of the molecule is CCCCCCCCCCCC(=O)OCC[C@@H](CO)Cn1cnc2c(=O)[nH]c(N)nc21. The number of anilines is 1. The Labute approximate surface area is 183 Å². The molecule has 2 aromatic heterocycles. The lowest BCUT2D eigenvalue weighted by Crippen LogP contribution is -2.19. The van der Waals surface area contributed by atoms with Crippen LogP contribution in [0.4, 0.5) is 5.95 Å². The third kappa shape index (κ3) is 8.69. The second kappa shape index (κ2) is 13.8. The normalized spacial score (nSPS) is 12.3. The molecular weight excluding hydrogens is 398 g/mol. The Hall–Kier alpha value is -2.42. The maximum absolute atomic E-state index is 11.9. The van der Waals surface area contributed by atoms with Gasteiger partial charge in [-0.15, -0.1) is 0 Å². The molecule has 0 spiro atoms. The number of nitrogens with two attached hydrogens (primary N) is 1. The van der Waals surface area contributed by atoms with Crippen LogP contribution in [-0.4, -0.2) is 43.8 Å². The largest absolute Gasteiger partial charge is 0.466 e. The molecular formula is C22H37N5O4. The fourth-order valence-electron chi connectivity index (χ4n) is 3.61. The molecule has 0 saturated heterocycles. The highest BCUT2D eigenvalue weighted by Crippen LogP contribution is 2.13.